The highest BCUT2D eigenvalue weighted by Gasteiger charge is 2.45. The summed E-state index contributed by atoms with van der Waals surface area (Å²) in [6.45, 7) is 7.65. The number of likely N-dealkylation sites (N-methyl/N-ethyl adjacent to an activating group) is 1. The van der Waals surface area contributed by atoms with E-state index in [1.807, 2.05) is 0 Å². The number of hydrogen-bond acceptors (Lipinski definition) is 5. The summed E-state index contributed by atoms with van der Waals surface area (Å²) in [7, 11) is 4.30. The van der Waals surface area contributed by atoms with Crippen molar-refractivity contribution in [3.05, 3.63) is 18.2 Å². The van der Waals surface area contributed by atoms with E-state index in [0.717, 1.165) is 26.1 Å². The highest BCUT2D eigenvalue weighted by atomic mass is 19.1. The lowest BCUT2D eigenvalue weighted by molar-refractivity contribution is 0.109. The SMILES string of the molecule is CC(C)N1[C@H](CN(C)C)C[C@@H]2CN(c3ncc(F)cn3)CC[C@@H]21. The predicted molar refractivity (Wildman–Crippen MR) is 90.0 cm³/mol. The molecule has 0 saturated carbocycles. The molecule has 0 spiro atoms. The van der Waals surface area contributed by atoms with Crippen molar-refractivity contribution in [3.63, 3.8) is 0 Å². The number of aromatic nitrogens is 2. The molecular formula is C17H28FN5. The van der Waals surface area contributed by atoms with E-state index in [4.69, 9.17) is 0 Å². The normalized spacial score (nSPS) is 28.7. The molecule has 1 aromatic rings. The van der Waals surface area contributed by atoms with Crippen LogP contribution in [0.15, 0.2) is 12.4 Å². The fraction of sp³-hybridized carbons (Fsp3) is 0.765. The molecule has 128 valence electrons. The van der Waals surface area contributed by atoms with Crippen molar-refractivity contribution < 1.29 is 4.39 Å². The number of likely N-dealkylation sites (tertiary alicyclic amines) is 1. The van der Waals surface area contributed by atoms with Crippen LogP contribution in [0.5, 0.6) is 0 Å². The Kier molecular flexibility index (Phi) is 4.82. The second kappa shape index (κ2) is 6.69. The van der Waals surface area contributed by atoms with Crippen molar-refractivity contribution in [2.75, 3.05) is 38.6 Å². The molecule has 5 nitrogen and oxygen atoms in total. The van der Waals surface area contributed by atoms with Gasteiger partial charge in [-0.2, -0.15) is 0 Å². The summed E-state index contributed by atoms with van der Waals surface area (Å²) in [5.41, 5.74) is 0. The van der Waals surface area contributed by atoms with E-state index in [1.165, 1.54) is 18.8 Å². The lowest BCUT2D eigenvalue weighted by atomic mass is 9.92. The van der Waals surface area contributed by atoms with Crippen molar-refractivity contribution in [2.45, 2.75) is 44.8 Å². The first-order valence-electron chi connectivity index (χ1n) is 8.60. The van der Waals surface area contributed by atoms with Gasteiger partial charge in [0.1, 0.15) is 0 Å². The Morgan fingerprint density at radius 3 is 2.61 bits per heavy atom. The Bertz CT molecular complexity index is 518. The molecular weight excluding hydrogens is 293 g/mol. The van der Waals surface area contributed by atoms with Crippen LogP contribution in [0, 0.1) is 11.7 Å². The summed E-state index contributed by atoms with van der Waals surface area (Å²) in [5.74, 6) is 0.934. The average Bonchev–Trinajstić information content (AvgIpc) is 2.84. The number of halogens is 1. The molecule has 2 saturated heterocycles. The van der Waals surface area contributed by atoms with Crippen LogP contribution in [-0.4, -0.2) is 71.6 Å². The van der Waals surface area contributed by atoms with Crippen LogP contribution >= 0.6 is 0 Å². The van der Waals surface area contributed by atoms with Crippen LogP contribution in [0.1, 0.15) is 26.7 Å². The van der Waals surface area contributed by atoms with E-state index >= 15 is 0 Å². The molecule has 0 aromatic carbocycles. The Balaban J connectivity index is 1.72. The van der Waals surface area contributed by atoms with E-state index in [1.54, 1.807) is 0 Å². The third kappa shape index (κ3) is 3.48. The average molecular weight is 321 g/mol. The summed E-state index contributed by atoms with van der Waals surface area (Å²) in [4.78, 5) is 15.5. The van der Waals surface area contributed by atoms with E-state index in [9.17, 15) is 4.39 Å². The van der Waals surface area contributed by atoms with Crippen molar-refractivity contribution in [2.24, 2.45) is 5.92 Å². The molecule has 3 heterocycles. The summed E-state index contributed by atoms with van der Waals surface area (Å²) in [5, 5.41) is 0. The topological polar surface area (TPSA) is 35.5 Å². The lowest BCUT2D eigenvalue weighted by Gasteiger charge is -2.40. The minimum atomic E-state index is -0.374. The molecule has 6 heteroatoms. The van der Waals surface area contributed by atoms with Gasteiger partial charge < -0.3 is 9.80 Å². The molecule has 0 unspecified atom stereocenters. The van der Waals surface area contributed by atoms with Crippen molar-refractivity contribution in [1.29, 1.82) is 0 Å². The molecule has 0 aliphatic carbocycles. The van der Waals surface area contributed by atoms with Gasteiger partial charge >= 0.3 is 0 Å². The van der Waals surface area contributed by atoms with Gasteiger partial charge in [0, 0.05) is 37.8 Å². The highest BCUT2D eigenvalue weighted by molar-refractivity contribution is 5.30. The molecule has 0 bridgehead atoms. The number of fused-ring (bicyclic) bond motifs is 1. The first-order chi connectivity index (χ1) is 11.0. The molecule has 1 aromatic heterocycles. The van der Waals surface area contributed by atoms with Gasteiger partial charge in [0.2, 0.25) is 5.95 Å². The quantitative estimate of drug-likeness (QED) is 0.846. The van der Waals surface area contributed by atoms with E-state index in [0.29, 0.717) is 30.0 Å². The third-order valence-corrected chi connectivity index (χ3v) is 5.13. The lowest BCUT2D eigenvalue weighted by Crippen LogP contribution is -2.50. The Morgan fingerprint density at radius 2 is 2.00 bits per heavy atom. The Hall–Kier alpha value is -1.27. The minimum absolute atomic E-state index is 0.374. The fourth-order valence-electron chi connectivity index (χ4n) is 4.43. The van der Waals surface area contributed by atoms with Crippen LogP contribution in [-0.2, 0) is 0 Å². The maximum atomic E-state index is 13.0. The van der Waals surface area contributed by atoms with Crippen LogP contribution in [0.2, 0.25) is 0 Å². The zero-order valence-corrected chi connectivity index (χ0v) is 14.6. The summed E-state index contributed by atoms with van der Waals surface area (Å²) in [6, 6.07) is 1.84. The van der Waals surface area contributed by atoms with Gasteiger partial charge in [-0.25, -0.2) is 14.4 Å². The molecule has 0 N–H and O–H groups in total. The van der Waals surface area contributed by atoms with Gasteiger partial charge in [0.25, 0.3) is 0 Å². The van der Waals surface area contributed by atoms with Gasteiger partial charge in [-0.05, 0) is 46.7 Å². The van der Waals surface area contributed by atoms with E-state index in [-0.39, 0.29) is 5.82 Å². The molecule has 2 aliphatic rings. The maximum absolute atomic E-state index is 13.0. The first-order valence-corrected chi connectivity index (χ1v) is 8.60. The zero-order valence-electron chi connectivity index (χ0n) is 14.6. The van der Waals surface area contributed by atoms with Crippen molar-refractivity contribution in [3.8, 4) is 0 Å². The summed E-state index contributed by atoms with van der Waals surface area (Å²) < 4.78 is 13.0. The third-order valence-electron chi connectivity index (χ3n) is 5.13. The van der Waals surface area contributed by atoms with Crippen LogP contribution < -0.4 is 4.90 Å². The Labute approximate surface area is 138 Å². The molecule has 2 aliphatic heterocycles. The minimum Gasteiger partial charge on any atom is -0.340 e. The molecule has 0 amide bonds. The molecule has 0 radical (unpaired) electrons. The van der Waals surface area contributed by atoms with Crippen LogP contribution in [0.4, 0.5) is 10.3 Å². The monoisotopic (exact) mass is 321 g/mol. The summed E-state index contributed by atoms with van der Waals surface area (Å²) in [6.07, 6.45) is 4.88. The maximum Gasteiger partial charge on any atom is 0.225 e. The van der Waals surface area contributed by atoms with Crippen LogP contribution in [0.25, 0.3) is 0 Å². The number of hydrogen-bond donors (Lipinski definition) is 0. The van der Waals surface area contributed by atoms with Gasteiger partial charge in [0.05, 0.1) is 12.4 Å². The number of nitrogens with zero attached hydrogens (tertiary/aromatic N) is 5. The molecule has 23 heavy (non-hydrogen) atoms. The molecule has 3 atom stereocenters. The van der Waals surface area contributed by atoms with E-state index in [2.05, 4.69) is 52.6 Å². The van der Waals surface area contributed by atoms with E-state index < -0.39 is 0 Å². The Morgan fingerprint density at radius 1 is 1.30 bits per heavy atom. The summed E-state index contributed by atoms with van der Waals surface area (Å²) >= 11 is 0. The zero-order chi connectivity index (χ0) is 16.6. The van der Waals surface area contributed by atoms with Crippen molar-refractivity contribution >= 4 is 5.95 Å². The standard InChI is InChI=1S/C17H28FN5/c1-12(2)23-15(11-21(3)4)7-13-10-22(6-5-16(13)23)17-19-8-14(18)9-20-17/h8-9,12-13,15-16H,5-7,10-11H2,1-4H3/t13-,15+,16+/m1/s1. The fourth-order valence-corrected chi connectivity index (χ4v) is 4.43. The number of piperidine rings is 1. The predicted octanol–water partition coefficient (Wildman–Crippen LogP) is 1.85. The van der Waals surface area contributed by atoms with Crippen LogP contribution in [0.3, 0.4) is 0 Å². The number of rotatable bonds is 4. The van der Waals surface area contributed by atoms with Gasteiger partial charge in [-0.3, -0.25) is 4.90 Å². The highest BCUT2D eigenvalue weighted by Crippen LogP contribution is 2.37. The smallest absolute Gasteiger partial charge is 0.225 e. The second-order valence-corrected chi connectivity index (χ2v) is 7.46. The van der Waals surface area contributed by atoms with Crippen molar-refractivity contribution in [1.82, 2.24) is 19.8 Å². The van der Waals surface area contributed by atoms with Gasteiger partial charge in [-0.1, -0.05) is 0 Å². The second-order valence-electron chi connectivity index (χ2n) is 7.46. The van der Waals surface area contributed by atoms with Gasteiger partial charge in [-0.15, -0.1) is 0 Å². The largest absolute Gasteiger partial charge is 0.340 e. The molecule has 3 rings (SSSR count). The molecule has 2 fully saturated rings. The number of anilines is 1. The van der Waals surface area contributed by atoms with Gasteiger partial charge in [0.15, 0.2) is 5.82 Å². The first kappa shape index (κ1) is 16.6.